The smallest absolute Gasteiger partial charge is 0.409 e. The van der Waals surface area contributed by atoms with Crippen molar-refractivity contribution in [2.75, 3.05) is 45.9 Å². The number of ether oxygens (including phenoxy) is 1. The van der Waals surface area contributed by atoms with Crippen LogP contribution in [0.15, 0.2) is 24.3 Å². The molecular weight excluding hydrogens is 356 g/mol. The molecule has 28 heavy (non-hydrogen) atoms. The zero-order valence-corrected chi connectivity index (χ0v) is 17.0. The standard InChI is InChI=1S/C21H32N4O3/c1-3-28-21(27)25-10-8-19(9-11-25)22-20(26)24-14-12-23(13-15-24)16-18-7-5-4-6-17(18)2/h4-7,19H,3,8-16H2,1-2H3,(H,22,26). The minimum absolute atomic E-state index is 0.0186. The van der Waals surface area contributed by atoms with Gasteiger partial charge in [0.15, 0.2) is 0 Å². The molecule has 2 aliphatic rings. The first kappa shape index (κ1) is 20.5. The van der Waals surface area contributed by atoms with Gasteiger partial charge in [-0.05, 0) is 37.8 Å². The van der Waals surface area contributed by atoms with Crippen molar-refractivity contribution in [1.29, 1.82) is 0 Å². The molecule has 0 atom stereocenters. The van der Waals surface area contributed by atoms with Crippen molar-refractivity contribution in [2.45, 2.75) is 39.3 Å². The molecule has 1 aromatic rings. The Hall–Kier alpha value is -2.28. The summed E-state index contributed by atoms with van der Waals surface area (Å²) in [5.41, 5.74) is 2.67. The Morgan fingerprint density at radius 1 is 1.04 bits per heavy atom. The first-order valence-electron chi connectivity index (χ1n) is 10.3. The predicted molar refractivity (Wildman–Crippen MR) is 108 cm³/mol. The number of hydrogen-bond donors (Lipinski definition) is 1. The summed E-state index contributed by atoms with van der Waals surface area (Å²) in [6, 6.07) is 8.62. The van der Waals surface area contributed by atoms with E-state index >= 15 is 0 Å². The van der Waals surface area contributed by atoms with E-state index < -0.39 is 0 Å². The van der Waals surface area contributed by atoms with Crippen molar-refractivity contribution in [3.63, 3.8) is 0 Å². The molecule has 0 saturated carbocycles. The number of nitrogens with one attached hydrogen (secondary N) is 1. The van der Waals surface area contributed by atoms with Crippen molar-refractivity contribution >= 4 is 12.1 Å². The van der Waals surface area contributed by atoms with Crippen LogP contribution in [0.25, 0.3) is 0 Å². The lowest BCUT2D eigenvalue weighted by molar-refractivity contribution is 0.0939. The largest absolute Gasteiger partial charge is 0.450 e. The van der Waals surface area contributed by atoms with Crippen LogP contribution >= 0.6 is 0 Å². The second kappa shape index (κ2) is 9.78. The molecule has 0 aromatic heterocycles. The Kier molecular flexibility index (Phi) is 7.14. The van der Waals surface area contributed by atoms with Gasteiger partial charge in [0.2, 0.25) is 0 Å². The van der Waals surface area contributed by atoms with Gasteiger partial charge in [-0.25, -0.2) is 9.59 Å². The second-order valence-corrected chi connectivity index (χ2v) is 7.60. The number of rotatable bonds is 4. The number of carbonyl (C=O) groups is 2. The molecule has 1 aromatic carbocycles. The van der Waals surface area contributed by atoms with Crippen molar-refractivity contribution in [3.05, 3.63) is 35.4 Å². The first-order valence-corrected chi connectivity index (χ1v) is 10.3. The number of likely N-dealkylation sites (tertiary alicyclic amines) is 1. The third kappa shape index (κ3) is 5.38. The Bertz CT molecular complexity index is 665. The summed E-state index contributed by atoms with van der Waals surface area (Å²) >= 11 is 0. The molecule has 7 nitrogen and oxygen atoms in total. The lowest BCUT2D eigenvalue weighted by Crippen LogP contribution is -2.55. The highest BCUT2D eigenvalue weighted by molar-refractivity contribution is 5.74. The van der Waals surface area contributed by atoms with Crippen LogP contribution in [0.4, 0.5) is 9.59 Å². The molecule has 2 aliphatic heterocycles. The van der Waals surface area contributed by atoms with Crippen molar-refractivity contribution in [1.82, 2.24) is 20.0 Å². The molecular formula is C21H32N4O3. The average Bonchev–Trinajstić information content (AvgIpc) is 2.71. The van der Waals surface area contributed by atoms with Gasteiger partial charge in [-0.3, -0.25) is 4.90 Å². The predicted octanol–water partition coefficient (Wildman–Crippen LogP) is 2.44. The maximum atomic E-state index is 12.6. The number of hydrogen-bond acceptors (Lipinski definition) is 4. The fourth-order valence-electron chi connectivity index (χ4n) is 3.82. The summed E-state index contributed by atoms with van der Waals surface area (Å²) < 4.78 is 5.04. The van der Waals surface area contributed by atoms with E-state index in [9.17, 15) is 9.59 Å². The number of amides is 3. The van der Waals surface area contributed by atoms with Crippen LogP contribution in [0.3, 0.4) is 0 Å². The molecule has 0 radical (unpaired) electrons. The molecule has 7 heteroatoms. The minimum Gasteiger partial charge on any atom is -0.450 e. The highest BCUT2D eigenvalue weighted by Gasteiger charge is 2.27. The van der Waals surface area contributed by atoms with Gasteiger partial charge >= 0.3 is 12.1 Å². The monoisotopic (exact) mass is 388 g/mol. The van der Waals surface area contributed by atoms with Gasteiger partial charge in [0.1, 0.15) is 0 Å². The fourth-order valence-corrected chi connectivity index (χ4v) is 3.82. The summed E-state index contributed by atoms with van der Waals surface area (Å²) in [6.45, 7) is 9.84. The van der Waals surface area contributed by atoms with Crippen LogP contribution < -0.4 is 5.32 Å². The third-order valence-electron chi connectivity index (χ3n) is 5.66. The van der Waals surface area contributed by atoms with E-state index in [1.807, 2.05) is 11.8 Å². The van der Waals surface area contributed by atoms with E-state index in [-0.39, 0.29) is 18.2 Å². The molecule has 0 spiro atoms. The summed E-state index contributed by atoms with van der Waals surface area (Å²) in [4.78, 5) is 30.4. The van der Waals surface area contributed by atoms with E-state index in [1.165, 1.54) is 11.1 Å². The number of benzene rings is 1. The fraction of sp³-hybridized carbons (Fsp3) is 0.619. The number of urea groups is 1. The molecule has 154 valence electrons. The molecule has 3 rings (SSSR count). The highest BCUT2D eigenvalue weighted by Crippen LogP contribution is 2.14. The van der Waals surface area contributed by atoms with Gasteiger partial charge in [0, 0.05) is 51.9 Å². The number of aryl methyl sites for hydroxylation is 1. The van der Waals surface area contributed by atoms with Gasteiger partial charge < -0.3 is 19.9 Å². The lowest BCUT2D eigenvalue weighted by atomic mass is 10.1. The van der Waals surface area contributed by atoms with Crippen LogP contribution in [0, 0.1) is 6.92 Å². The summed E-state index contributed by atoms with van der Waals surface area (Å²) in [7, 11) is 0. The molecule has 3 amide bonds. The molecule has 0 unspecified atom stereocenters. The van der Waals surface area contributed by atoms with E-state index in [1.54, 1.807) is 4.90 Å². The minimum atomic E-state index is -0.253. The normalized spacial score (nSPS) is 18.8. The van der Waals surface area contributed by atoms with Gasteiger partial charge in [-0.15, -0.1) is 0 Å². The molecule has 2 heterocycles. The van der Waals surface area contributed by atoms with Crippen LogP contribution in [-0.2, 0) is 11.3 Å². The number of piperidine rings is 1. The van der Waals surface area contributed by atoms with E-state index in [2.05, 4.69) is 41.4 Å². The Balaban J connectivity index is 1.39. The summed E-state index contributed by atoms with van der Waals surface area (Å²) in [5.74, 6) is 0. The van der Waals surface area contributed by atoms with Crippen LogP contribution in [0.2, 0.25) is 0 Å². The Labute approximate surface area is 167 Å². The topological polar surface area (TPSA) is 65.1 Å². The Morgan fingerprint density at radius 3 is 2.36 bits per heavy atom. The summed E-state index contributed by atoms with van der Waals surface area (Å²) in [6.07, 6.45) is 1.30. The van der Waals surface area contributed by atoms with Crippen LogP contribution in [0.1, 0.15) is 30.9 Å². The molecule has 0 bridgehead atoms. The zero-order chi connectivity index (χ0) is 19.9. The summed E-state index contributed by atoms with van der Waals surface area (Å²) in [5, 5.41) is 3.14. The van der Waals surface area contributed by atoms with Crippen LogP contribution in [0.5, 0.6) is 0 Å². The number of carbonyl (C=O) groups excluding carboxylic acids is 2. The third-order valence-corrected chi connectivity index (χ3v) is 5.66. The van der Waals surface area contributed by atoms with Gasteiger partial charge in [0.25, 0.3) is 0 Å². The number of nitrogens with zero attached hydrogens (tertiary/aromatic N) is 3. The van der Waals surface area contributed by atoms with Crippen molar-refractivity contribution in [3.8, 4) is 0 Å². The molecule has 0 aliphatic carbocycles. The molecule has 2 saturated heterocycles. The molecule has 2 fully saturated rings. The SMILES string of the molecule is CCOC(=O)N1CCC(NC(=O)N2CCN(Cc3ccccc3C)CC2)CC1. The van der Waals surface area contributed by atoms with E-state index in [4.69, 9.17) is 4.74 Å². The lowest BCUT2D eigenvalue weighted by Gasteiger charge is -2.37. The quantitative estimate of drug-likeness (QED) is 0.861. The highest BCUT2D eigenvalue weighted by atomic mass is 16.6. The van der Waals surface area contributed by atoms with Crippen molar-refractivity contribution in [2.24, 2.45) is 0 Å². The van der Waals surface area contributed by atoms with E-state index in [0.29, 0.717) is 19.7 Å². The Morgan fingerprint density at radius 2 is 1.71 bits per heavy atom. The maximum absolute atomic E-state index is 12.6. The zero-order valence-electron chi connectivity index (χ0n) is 17.0. The first-order chi connectivity index (χ1) is 13.6. The van der Waals surface area contributed by atoms with Gasteiger partial charge in [0.05, 0.1) is 6.61 Å². The van der Waals surface area contributed by atoms with Crippen LogP contribution in [-0.4, -0.2) is 78.7 Å². The maximum Gasteiger partial charge on any atom is 0.409 e. The average molecular weight is 389 g/mol. The number of piperazine rings is 1. The van der Waals surface area contributed by atoms with E-state index in [0.717, 1.165) is 45.6 Å². The molecule has 1 N–H and O–H groups in total. The second-order valence-electron chi connectivity index (χ2n) is 7.60. The van der Waals surface area contributed by atoms with Gasteiger partial charge in [-0.2, -0.15) is 0 Å². The van der Waals surface area contributed by atoms with Gasteiger partial charge in [-0.1, -0.05) is 24.3 Å². The van der Waals surface area contributed by atoms with Crippen molar-refractivity contribution < 1.29 is 14.3 Å².